The number of halogens is 6. The first-order chi connectivity index (χ1) is 32.5. The number of nitrogens with zero attached hydrogens (tertiary/aromatic N) is 8. The molecule has 0 unspecified atom stereocenters. The molecule has 10 rings (SSSR count). The van der Waals surface area contributed by atoms with Crippen LogP contribution in [-0.2, 0) is 19.3 Å². The predicted molar refractivity (Wildman–Crippen MR) is 242 cm³/mol. The number of nitrogen functional groups attached to an aromatic ring is 1. The molecule has 3 atom stereocenters. The largest absolute Gasteiger partial charge is 0.497 e. The molecule has 0 bridgehead atoms. The maximum absolute atomic E-state index is 17.9. The van der Waals surface area contributed by atoms with Gasteiger partial charge in [0.1, 0.15) is 64.5 Å². The van der Waals surface area contributed by atoms with Crippen molar-refractivity contribution in [2.75, 3.05) is 62.6 Å². The zero-order valence-electron chi connectivity index (χ0n) is 37.8. The van der Waals surface area contributed by atoms with Crippen LogP contribution in [0.3, 0.4) is 0 Å². The molecule has 1 spiro atoms. The van der Waals surface area contributed by atoms with Crippen LogP contribution >= 0.6 is 0 Å². The number of anilines is 3. The maximum Gasteiger partial charge on any atom is 0.418 e. The van der Waals surface area contributed by atoms with Crippen LogP contribution < -0.4 is 34.5 Å². The number of hydrogen-bond donors (Lipinski definition) is 1. The van der Waals surface area contributed by atoms with Gasteiger partial charge in [0.25, 0.3) is 5.92 Å². The van der Waals surface area contributed by atoms with Gasteiger partial charge in [-0.3, -0.25) is 4.90 Å². The third kappa shape index (κ3) is 7.96. The Morgan fingerprint density at radius 2 is 1.57 bits per heavy atom. The molecule has 0 radical (unpaired) electrons. The van der Waals surface area contributed by atoms with Gasteiger partial charge in [-0.2, -0.15) is 23.1 Å². The van der Waals surface area contributed by atoms with Crippen molar-refractivity contribution in [1.29, 1.82) is 0 Å². The van der Waals surface area contributed by atoms with Crippen LogP contribution in [0.2, 0.25) is 0 Å². The fraction of sp³-hybridized carbons (Fsp3) is 0.408. The van der Waals surface area contributed by atoms with Crippen LogP contribution in [-0.4, -0.2) is 88.3 Å². The Balaban J connectivity index is 1.12. The van der Waals surface area contributed by atoms with E-state index in [0.29, 0.717) is 30.0 Å². The molecule has 7 heterocycles. The molecule has 13 nitrogen and oxygen atoms in total. The summed E-state index contributed by atoms with van der Waals surface area (Å²) in [5, 5.41) is -0.00872. The van der Waals surface area contributed by atoms with E-state index in [-0.39, 0.29) is 92.5 Å². The zero-order chi connectivity index (χ0) is 47.8. The first-order valence-corrected chi connectivity index (χ1v) is 22.4. The fourth-order valence-corrected chi connectivity index (χ4v) is 10.4. The Kier molecular flexibility index (Phi) is 11.2. The van der Waals surface area contributed by atoms with Gasteiger partial charge < -0.3 is 34.5 Å². The van der Waals surface area contributed by atoms with Crippen LogP contribution in [0, 0.1) is 18.2 Å². The lowest BCUT2D eigenvalue weighted by molar-refractivity contribution is -0.137. The highest BCUT2D eigenvalue weighted by Crippen LogP contribution is 2.69. The molecule has 2 aromatic carbocycles. The quantitative estimate of drug-likeness (QED) is 0.110. The van der Waals surface area contributed by atoms with Gasteiger partial charge in [-0.1, -0.05) is 30.3 Å². The molecule has 4 aromatic heterocycles. The van der Waals surface area contributed by atoms with E-state index < -0.39 is 57.4 Å². The van der Waals surface area contributed by atoms with Gasteiger partial charge in [0.2, 0.25) is 5.88 Å². The molecule has 2 saturated heterocycles. The van der Waals surface area contributed by atoms with Gasteiger partial charge in [0, 0.05) is 37.8 Å². The van der Waals surface area contributed by atoms with Crippen molar-refractivity contribution in [2.45, 2.75) is 76.3 Å². The number of methoxy groups -OCH3 is 2. The van der Waals surface area contributed by atoms with Crippen molar-refractivity contribution in [2.24, 2.45) is 5.41 Å². The fourth-order valence-electron chi connectivity index (χ4n) is 10.4. The van der Waals surface area contributed by atoms with E-state index in [1.165, 1.54) is 13.0 Å². The average molecular weight is 942 g/mol. The summed E-state index contributed by atoms with van der Waals surface area (Å²) in [6.07, 6.45) is -2.06. The number of fused-ring (bicyclic) bond motifs is 1. The first kappa shape index (κ1) is 45.2. The number of pyridine rings is 3. The minimum Gasteiger partial charge on any atom is -0.497 e. The van der Waals surface area contributed by atoms with Crippen molar-refractivity contribution in [3.8, 4) is 34.8 Å². The minimum atomic E-state index is -5.01. The van der Waals surface area contributed by atoms with E-state index in [0.717, 1.165) is 17.5 Å². The van der Waals surface area contributed by atoms with Gasteiger partial charge >= 0.3 is 12.2 Å². The first-order valence-electron chi connectivity index (χ1n) is 22.4. The summed E-state index contributed by atoms with van der Waals surface area (Å²) in [5.74, 6) is -2.49. The summed E-state index contributed by atoms with van der Waals surface area (Å²) in [4.78, 5) is 28.4. The van der Waals surface area contributed by atoms with Gasteiger partial charge in [-0.25, -0.2) is 28.1 Å². The molecule has 4 aliphatic rings. The number of hydrogen-bond acceptors (Lipinski definition) is 13. The SMILES string of the molecule is COc1ccc(CN(Cc2ccc(OC)cc2)c2cc(C)c(C(F)(F)F)c(-c3nc4c5c(nc(OC[C@@]67CCCN6C[C@]6(CC6(F)F)C7)nc5c3F)N([C@H](C)c3cccnc3N)CCO4)n2)cc1. The summed E-state index contributed by atoms with van der Waals surface area (Å²) in [7, 11) is 3.09. The normalized spacial score (nSPS) is 21.1. The van der Waals surface area contributed by atoms with Crippen molar-refractivity contribution >= 4 is 28.4 Å². The Bertz CT molecular complexity index is 2840. The summed E-state index contributed by atoms with van der Waals surface area (Å²) in [5.41, 5.74) is 3.34. The van der Waals surface area contributed by atoms with Crippen LogP contribution in [0.15, 0.2) is 72.9 Å². The lowest BCUT2D eigenvalue weighted by Crippen LogP contribution is -2.43. The van der Waals surface area contributed by atoms with Crippen LogP contribution in [0.1, 0.15) is 66.5 Å². The summed E-state index contributed by atoms with van der Waals surface area (Å²) in [6, 6.07) is 18.5. The molecule has 3 fully saturated rings. The van der Waals surface area contributed by atoms with Gasteiger partial charge in [0.05, 0.1) is 43.3 Å². The molecule has 356 valence electrons. The minimum absolute atomic E-state index is 0.00872. The molecule has 3 aliphatic heterocycles. The smallest absolute Gasteiger partial charge is 0.418 e. The van der Waals surface area contributed by atoms with Crippen LogP contribution in [0.5, 0.6) is 23.4 Å². The average Bonchev–Trinajstić information content (AvgIpc) is 3.51. The summed E-state index contributed by atoms with van der Waals surface area (Å²) >= 11 is 0. The van der Waals surface area contributed by atoms with Gasteiger partial charge in [0.15, 0.2) is 5.82 Å². The Morgan fingerprint density at radius 3 is 2.19 bits per heavy atom. The summed E-state index contributed by atoms with van der Waals surface area (Å²) in [6.45, 7) is 4.43. The third-order valence-electron chi connectivity index (χ3n) is 14.0. The Hall–Kier alpha value is -6.63. The van der Waals surface area contributed by atoms with Crippen LogP contribution in [0.25, 0.3) is 22.3 Å². The van der Waals surface area contributed by atoms with Crippen LogP contribution in [0.4, 0.5) is 43.8 Å². The van der Waals surface area contributed by atoms with Crippen molar-refractivity contribution in [1.82, 2.24) is 29.8 Å². The molecular formula is C49H49F6N9O4. The number of alkyl halides is 5. The van der Waals surface area contributed by atoms with E-state index in [1.807, 2.05) is 36.1 Å². The molecule has 1 saturated carbocycles. The number of aryl methyl sites for hydroxylation is 1. The standard InChI is InChI=1S/C49H49F6N9O4/c1-28-21-35(62(22-30-8-12-32(65-3)13-9-30)23-31-10-14-33(66-4)15-11-31)58-40(37(28)49(53,54)55)41-38(50)39-36-43(64(19-20-67-44(36)59-41)29(2)34-7-5-17-57-42(34)56)61-45(60-39)68-27-47-16-6-18-63(47)26-46(24-47)25-48(46,51)52/h5,7-15,17,21,29H,6,16,18-20,22-27H2,1-4H3,(H2,56,57)/t29-,46-,47+/m1/s1. The second-order valence-electron chi connectivity index (χ2n) is 18.3. The highest BCUT2D eigenvalue weighted by atomic mass is 19.4. The topological polar surface area (TPSA) is 137 Å². The highest BCUT2D eigenvalue weighted by Gasteiger charge is 2.77. The second-order valence-corrected chi connectivity index (χ2v) is 18.3. The predicted octanol–water partition coefficient (Wildman–Crippen LogP) is 9.36. The number of aromatic nitrogens is 5. The molecule has 0 amide bonds. The number of benzene rings is 2. The molecule has 6 aromatic rings. The van der Waals surface area contributed by atoms with Crippen molar-refractivity contribution < 1.29 is 45.3 Å². The lowest BCUT2D eigenvalue weighted by Gasteiger charge is -2.32. The Labute approximate surface area is 388 Å². The van der Waals surface area contributed by atoms with Crippen molar-refractivity contribution in [3.05, 3.63) is 107 Å². The van der Waals surface area contributed by atoms with E-state index in [9.17, 15) is 8.78 Å². The third-order valence-corrected chi connectivity index (χ3v) is 14.0. The lowest BCUT2D eigenvalue weighted by atomic mass is 9.89. The zero-order valence-corrected chi connectivity index (χ0v) is 37.8. The number of ether oxygens (including phenoxy) is 4. The molecule has 68 heavy (non-hydrogen) atoms. The van der Waals surface area contributed by atoms with E-state index in [4.69, 9.17) is 29.7 Å². The number of rotatable bonds is 13. The Morgan fingerprint density at radius 1 is 0.897 bits per heavy atom. The molecule has 1 aliphatic carbocycles. The van der Waals surface area contributed by atoms with E-state index >= 15 is 17.6 Å². The van der Waals surface area contributed by atoms with E-state index in [1.54, 1.807) is 66.6 Å². The second kappa shape index (κ2) is 16.9. The monoisotopic (exact) mass is 941 g/mol. The molecular weight excluding hydrogens is 893 g/mol. The van der Waals surface area contributed by atoms with Crippen molar-refractivity contribution in [3.63, 3.8) is 0 Å². The highest BCUT2D eigenvalue weighted by molar-refractivity contribution is 5.97. The maximum atomic E-state index is 17.9. The van der Waals surface area contributed by atoms with E-state index in [2.05, 4.69) is 19.9 Å². The summed E-state index contributed by atoms with van der Waals surface area (Å²) < 4.78 is 117. The van der Waals surface area contributed by atoms with Gasteiger partial charge in [-0.15, -0.1) is 0 Å². The molecule has 19 heteroatoms. The number of nitrogens with two attached hydrogens (primary N) is 1. The van der Waals surface area contributed by atoms with Gasteiger partial charge in [-0.05, 0) is 92.7 Å². The molecule has 2 N–H and O–H groups in total.